The van der Waals surface area contributed by atoms with Crippen LogP contribution in [0.1, 0.15) is 67.9 Å². The Morgan fingerprint density at radius 2 is 1.82 bits per heavy atom. The first-order chi connectivity index (χ1) is 16.4. The molecule has 2 amide bonds. The number of aromatic nitrogens is 1. The SMILES string of the molecule is O=C1CCC(c2c(F)cc(N3CC(Nc4cc(C5CC6(CCC6)C5)ccn4)C3)cc2F)C(=O)N1. The molecule has 4 aliphatic rings. The van der Waals surface area contributed by atoms with E-state index in [1.807, 2.05) is 11.1 Å². The summed E-state index contributed by atoms with van der Waals surface area (Å²) < 4.78 is 29.6. The molecule has 6 nitrogen and oxygen atoms in total. The summed E-state index contributed by atoms with van der Waals surface area (Å²) >= 11 is 0. The summed E-state index contributed by atoms with van der Waals surface area (Å²) in [7, 11) is 0. The van der Waals surface area contributed by atoms with Crippen molar-refractivity contribution < 1.29 is 18.4 Å². The van der Waals surface area contributed by atoms with Gasteiger partial charge in [0.15, 0.2) is 0 Å². The fraction of sp³-hybridized carbons (Fsp3) is 0.500. The van der Waals surface area contributed by atoms with E-state index in [0.717, 1.165) is 5.82 Å². The highest BCUT2D eigenvalue weighted by molar-refractivity contribution is 6.01. The number of amides is 2. The number of imide groups is 1. The monoisotopic (exact) mass is 466 g/mol. The number of carbonyl (C=O) groups is 2. The third-order valence-corrected chi connectivity index (χ3v) is 8.28. The van der Waals surface area contributed by atoms with Crippen molar-refractivity contribution in [2.75, 3.05) is 23.3 Å². The van der Waals surface area contributed by atoms with Crippen LogP contribution in [0.5, 0.6) is 0 Å². The third kappa shape index (κ3) is 3.73. The van der Waals surface area contributed by atoms with Gasteiger partial charge in [-0.05, 0) is 73.3 Å². The molecule has 2 aliphatic carbocycles. The molecule has 2 aliphatic heterocycles. The van der Waals surface area contributed by atoms with Crippen LogP contribution < -0.4 is 15.5 Å². The number of benzene rings is 1. The van der Waals surface area contributed by atoms with Crippen molar-refractivity contribution in [1.82, 2.24) is 10.3 Å². The third-order valence-electron chi connectivity index (χ3n) is 8.28. The lowest BCUT2D eigenvalue weighted by Gasteiger charge is -2.54. The molecule has 2 saturated carbocycles. The van der Waals surface area contributed by atoms with Gasteiger partial charge in [-0.1, -0.05) is 6.42 Å². The minimum atomic E-state index is -0.981. The molecule has 1 aromatic heterocycles. The normalized spacial score (nSPS) is 24.3. The zero-order valence-electron chi connectivity index (χ0n) is 18.9. The summed E-state index contributed by atoms with van der Waals surface area (Å²) in [5, 5.41) is 5.61. The smallest absolute Gasteiger partial charge is 0.234 e. The molecule has 3 heterocycles. The summed E-state index contributed by atoms with van der Waals surface area (Å²) in [5.41, 5.74) is 2.17. The minimum Gasteiger partial charge on any atom is -0.367 e. The molecule has 6 rings (SSSR count). The van der Waals surface area contributed by atoms with Crippen LogP contribution in [-0.4, -0.2) is 35.9 Å². The van der Waals surface area contributed by atoms with Crippen LogP contribution in [0.25, 0.3) is 0 Å². The maximum Gasteiger partial charge on any atom is 0.234 e. The lowest BCUT2D eigenvalue weighted by molar-refractivity contribution is -0.134. The fourth-order valence-electron chi connectivity index (χ4n) is 6.13. The number of anilines is 2. The number of piperidine rings is 1. The van der Waals surface area contributed by atoms with E-state index in [1.54, 1.807) is 0 Å². The van der Waals surface area contributed by atoms with Gasteiger partial charge in [0.2, 0.25) is 11.8 Å². The molecular weight excluding hydrogens is 438 g/mol. The van der Waals surface area contributed by atoms with Crippen molar-refractivity contribution in [3.8, 4) is 0 Å². The van der Waals surface area contributed by atoms with E-state index in [9.17, 15) is 18.4 Å². The molecule has 178 valence electrons. The van der Waals surface area contributed by atoms with Gasteiger partial charge in [-0.25, -0.2) is 13.8 Å². The molecule has 0 bridgehead atoms. The van der Waals surface area contributed by atoms with Crippen LogP contribution >= 0.6 is 0 Å². The number of nitrogens with one attached hydrogen (secondary N) is 2. The van der Waals surface area contributed by atoms with E-state index in [0.29, 0.717) is 30.1 Å². The van der Waals surface area contributed by atoms with Gasteiger partial charge < -0.3 is 10.2 Å². The van der Waals surface area contributed by atoms with E-state index < -0.39 is 29.4 Å². The highest BCUT2D eigenvalue weighted by Gasteiger charge is 2.48. The van der Waals surface area contributed by atoms with Crippen LogP contribution in [0.2, 0.25) is 0 Å². The second kappa shape index (κ2) is 8.03. The van der Waals surface area contributed by atoms with Crippen LogP contribution in [0.15, 0.2) is 30.5 Å². The fourth-order valence-corrected chi connectivity index (χ4v) is 6.13. The van der Waals surface area contributed by atoms with Crippen LogP contribution in [0, 0.1) is 17.0 Å². The Hall–Kier alpha value is -3.03. The number of hydrogen-bond donors (Lipinski definition) is 2. The van der Waals surface area contributed by atoms with Crippen molar-refractivity contribution in [2.24, 2.45) is 5.41 Å². The highest BCUT2D eigenvalue weighted by Crippen LogP contribution is 2.61. The average Bonchev–Trinajstić information content (AvgIpc) is 2.69. The van der Waals surface area contributed by atoms with Crippen molar-refractivity contribution in [2.45, 2.75) is 62.8 Å². The first kappa shape index (κ1) is 21.5. The number of nitrogens with zero attached hydrogens (tertiary/aromatic N) is 2. The molecule has 1 spiro atoms. The molecular formula is C26H28F2N4O2. The van der Waals surface area contributed by atoms with Gasteiger partial charge in [-0.3, -0.25) is 14.9 Å². The van der Waals surface area contributed by atoms with E-state index in [1.165, 1.54) is 49.8 Å². The molecule has 1 unspecified atom stereocenters. The number of pyridine rings is 1. The zero-order chi connectivity index (χ0) is 23.4. The summed E-state index contributed by atoms with van der Waals surface area (Å²) in [4.78, 5) is 29.8. The summed E-state index contributed by atoms with van der Waals surface area (Å²) in [5.74, 6) is -2.05. The van der Waals surface area contributed by atoms with Gasteiger partial charge in [0.1, 0.15) is 17.5 Å². The standard InChI is InChI=1S/C26H28F2N4O2/c27-20-9-18(10-21(28)24(20)19-2-3-23(33)31-25(19)34)32-13-17(14-32)30-22-8-15(4-7-29-22)16-11-26(12-16)5-1-6-26/h4,7-10,16-17,19H,1-3,5-6,11-14H2,(H,29,30)(H,31,33,34). The molecule has 1 atom stereocenters. The molecule has 1 aromatic carbocycles. The van der Waals surface area contributed by atoms with Gasteiger partial charge in [0.25, 0.3) is 0 Å². The second-order valence-corrected chi connectivity index (χ2v) is 10.5. The van der Waals surface area contributed by atoms with Crippen molar-refractivity contribution in [1.29, 1.82) is 0 Å². The minimum absolute atomic E-state index is 0.0768. The maximum absolute atomic E-state index is 14.8. The Balaban J connectivity index is 1.07. The number of hydrogen-bond acceptors (Lipinski definition) is 5. The van der Waals surface area contributed by atoms with Gasteiger partial charge in [0.05, 0.1) is 12.0 Å². The van der Waals surface area contributed by atoms with Crippen LogP contribution in [0.3, 0.4) is 0 Å². The Bertz CT molecular complexity index is 1130. The summed E-state index contributed by atoms with van der Waals surface area (Å²) in [6.07, 6.45) is 8.77. The predicted octanol–water partition coefficient (Wildman–Crippen LogP) is 4.23. The molecule has 8 heteroatoms. The molecule has 2 saturated heterocycles. The number of rotatable bonds is 5. The summed E-state index contributed by atoms with van der Waals surface area (Å²) in [6.45, 7) is 1.21. The number of carbonyl (C=O) groups excluding carboxylic acids is 2. The van der Waals surface area contributed by atoms with Crippen LogP contribution in [-0.2, 0) is 9.59 Å². The van der Waals surface area contributed by atoms with E-state index in [2.05, 4.69) is 27.8 Å². The Morgan fingerprint density at radius 1 is 1.09 bits per heavy atom. The van der Waals surface area contributed by atoms with Gasteiger partial charge in [0, 0.05) is 37.0 Å². The Kier molecular flexibility index (Phi) is 5.08. The molecule has 0 radical (unpaired) electrons. The molecule has 2 N–H and O–H groups in total. The molecule has 4 fully saturated rings. The molecule has 34 heavy (non-hydrogen) atoms. The lowest BCUT2D eigenvalue weighted by Crippen LogP contribution is -2.55. The Morgan fingerprint density at radius 3 is 2.47 bits per heavy atom. The quantitative estimate of drug-likeness (QED) is 0.646. The van der Waals surface area contributed by atoms with Crippen molar-refractivity contribution in [3.05, 3.63) is 53.2 Å². The predicted molar refractivity (Wildman–Crippen MR) is 124 cm³/mol. The maximum atomic E-state index is 14.8. The lowest BCUT2D eigenvalue weighted by atomic mass is 9.51. The average molecular weight is 467 g/mol. The molecule has 2 aromatic rings. The van der Waals surface area contributed by atoms with Crippen molar-refractivity contribution in [3.63, 3.8) is 0 Å². The Labute approximate surface area is 197 Å². The highest BCUT2D eigenvalue weighted by atomic mass is 19.1. The largest absolute Gasteiger partial charge is 0.367 e. The summed E-state index contributed by atoms with van der Waals surface area (Å²) in [6, 6.07) is 6.97. The first-order valence-electron chi connectivity index (χ1n) is 12.2. The van der Waals surface area contributed by atoms with Crippen LogP contribution in [0.4, 0.5) is 20.3 Å². The van der Waals surface area contributed by atoms with E-state index in [-0.39, 0.29) is 24.4 Å². The van der Waals surface area contributed by atoms with Gasteiger partial charge in [-0.2, -0.15) is 0 Å². The van der Waals surface area contributed by atoms with Gasteiger partial charge in [-0.15, -0.1) is 0 Å². The first-order valence-corrected chi connectivity index (χ1v) is 12.2. The second-order valence-electron chi connectivity index (χ2n) is 10.5. The van der Waals surface area contributed by atoms with Gasteiger partial charge >= 0.3 is 0 Å². The topological polar surface area (TPSA) is 74.3 Å². The number of halogens is 2. The van der Waals surface area contributed by atoms with E-state index in [4.69, 9.17) is 0 Å². The van der Waals surface area contributed by atoms with E-state index >= 15 is 0 Å². The zero-order valence-corrected chi connectivity index (χ0v) is 18.9. The van der Waals surface area contributed by atoms with Crippen molar-refractivity contribution >= 4 is 23.3 Å².